The molecule has 9 nitrogen and oxygen atoms in total. The molecule has 3 aliphatic rings. The van der Waals surface area contributed by atoms with E-state index in [2.05, 4.69) is 26.4 Å². The van der Waals surface area contributed by atoms with Gasteiger partial charge in [-0.25, -0.2) is 17.6 Å². The first-order valence-corrected chi connectivity index (χ1v) is 16.0. The highest BCUT2D eigenvalue weighted by atomic mass is 35.5. The predicted molar refractivity (Wildman–Crippen MR) is 172 cm³/mol. The summed E-state index contributed by atoms with van der Waals surface area (Å²) in [6.07, 6.45) is 3.65. The van der Waals surface area contributed by atoms with E-state index in [1.54, 1.807) is 29.3 Å². The molecule has 5 heterocycles. The van der Waals surface area contributed by atoms with E-state index < -0.39 is 41.1 Å². The molecule has 4 aromatic rings. The van der Waals surface area contributed by atoms with E-state index in [1.165, 1.54) is 11.1 Å². The third-order valence-electron chi connectivity index (χ3n) is 9.68. The molecular weight excluding hydrogens is 650 g/mol. The van der Waals surface area contributed by atoms with Crippen LogP contribution in [0.4, 0.5) is 23.4 Å². The highest BCUT2D eigenvalue weighted by Crippen LogP contribution is 2.42. The van der Waals surface area contributed by atoms with Gasteiger partial charge in [0.05, 0.1) is 29.6 Å². The molecule has 3 aliphatic heterocycles. The summed E-state index contributed by atoms with van der Waals surface area (Å²) < 4.78 is 67.4. The Bertz CT molecular complexity index is 2000. The Morgan fingerprint density at radius 3 is 2.81 bits per heavy atom. The van der Waals surface area contributed by atoms with Gasteiger partial charge in [0.15, 0.2) is 11.6 Å². The zero-order valence-corrected chi connectivity index (χ0v) is 26.5. The number of nitrogens with zero attached hydrogens (tertiary/aromatic N) is 7. The van der Waals surface area contributed by atoms with Crippen molar-refractivity contribution >= 4 is 45.0 Å². The molecule has 7 rings (SSSR count). The lowest BCUT2D eigenvalue weighted by Gasteiger charge is -2.41. The first-order chi connectivity index (χ1) is 23.1. The molecule has 2 aromatic heterocycles. The molecule has 0 saturated carbocycles. The van der Waals surface area contributed by atoms with Crippen LogP contribution in [-0.4, -0.2) is 87.7 Å². The largest absolute Gasteiger partial charge is 0.461 e. The Morgan fingerprint density at radius 2 is 2.02 bits per heavy atom. The van der Waals surface area contributed by atoms with Crippen molar-refractivity contribution in [1.29, 1.82) is 5.26 Å². The number of hydrogen-bond acceptors (Lipinski definition) is 8. The topological polar surface area (TPSA) is 98.5 Å². The van der Waals surface area contributed by atoms with E-state index in [4.69, 9.17) is 16.3 Å². The summed E-state index contributed by atoms with van der Waals surface area (Å²) in [5, 5.41) is 10.8. The van der Waals surface area contributed by atoms with Crippen LogP contribution in [0.1, 0.15) is 25.7 Å². The van der Waals surface area contributed by atoms with Crippen LogP contribution in [0, 0.1) is 23.0 Å². The first kappa shape index (κ1) is 32.0. The van der Waals surface area contributed by atoms with E-state index >= 15 is 8.78 Å². The van der Waals surface area contributed by atoms with Crippen LogP contribution in [0.25, 0.3) is 32.8 Å². The summed E-state index contributed by atoms with van der Waals surface area (Å²) in [6, 6.07) is 7.25. The summed E-state index contributed by atoms with van der Waals surface area (Å²) in [7, 11) is 0. The van der Waals surface area contributed by atoms with Gasteiger partial charge in [-0.05, 0) is 31.5 Å². The molecule has 0 bridgehead atoms. The zero-order chi connectivity index (χ0) is 33.7. The Morgan fingerprint density at radius 1 is 1.19 bits per heavy atom. The molecule has 0 radical (unpaired) electrons. The summed E-state index contributed by atoms with van der Waals surface area (Å²) in [6.45, 7) is 4.31. The summed E-state index contributed by atoms with van der Waals surface area (Å²) >= 11 is 6.50. The van der Waals surface area contributed by atoms with Crippen LogP contribution in [0.5, 0.6) is 6.01 Å². The minimum absolute atomic E-state index is 0.00497. The van der Waals surface area contributed by atoms with E-state index in [-0.39, 0.29) is 78.0 Å². The number of fused-ring (bicyclic) bond motifs is 3. The monoisotopic (exact) mass is 679 g/mol. The third-order valence-corrected chi connectivity index (χ3v) is 9.99. The Labute approximate surface area is 278 Å². The molecule has 0 unspecified atom stereocenters. The first-order valence-electron chi connectivity index (χ1n) is 15.6. The fraction of sp³-hybridized carbons (Fsp3) is 0.382. The molecule has 0 spiro atoms. The van der Waals surface area contributed by atoms with Crippen molar-refractivity contribution in [2.45, 2.75) is 43.4 Å². The molecule has 2 aromatic carbocycles. The molecule has 0 aliphatic carbocycles. The number of pyridine rings is 1. The number of hydrogen-bond donors (Lipinski definition) is 0. The third kappa shape index (κ3) is 5.46. The van der Waals surface area contributed by atoms with Gasteiger partial charge in [-0.15, -0.1) is 0 Å². The molecule has 0 N–H and O–H groups in total. The van der Waals surface area contributed by atoms with Gasteiger partial charge in [-0.3, -0.25) is 14.7 Å². The van der Waals surface area contributed by atoms with Gasteiger partial charge in [-0.1, -0.05) is 30.3 Å². The maximum atomic E-state index is 16.8. The number of carbonyl (C=O) groups is 1. The molecule has 3 fully saturated rings. The van der Waals surface area contributed by atoms with Gasteiger partial charge in [0, 0.05) is 71.7 Å². The quantitative estimate of drug-likeness (QED) is 0.170. The lowest BCUT2D eigenvalue weighted by atomic mass is 9.95. The summed E-state index contributed by atoms with van der Waals surface area (Å²) in [5.41, 5.74) is -1.04. The number of piperazine rings is 1. The lowest BCUT2D eigenvalue weighted by molar-refractivity contribution is -0.131. The fourth-order valence-corrected chi connectivity index (χ4v) is 7.77. The molecule has 14 heteroatoms. The van der Waals surface area contributed by atoms with Crippen molar-refractivity contribution in [3.05, 3.63) is 65.7 Å². The van der Waals surface area contributed by atoms with Crippen LogP contribution in [0.2, 0.25) is 5.02 Å². The molecule has 3 atom stereocenters. The number of carbonyl (C=O) groups excluding carboxylic acids is 1. The predicted octanol–water partition coefficient (Wildman–Crippen LogP) is 6.15. The van der Waals surface area contributed by atoms with Crippen molar-refractivity contribution in [2.75, 3.05) is 44.2 Å². The molecule has 248 valence electrons. The van der Waals surface area contributed by atoms with Crippen molar-refractivity contribution in [3.63, 3.8) is 0 Å². The standard InChI is InChI=1S/C34H30ClF4N7O2/c1-19(36)32(47)46-11-10-44(17-22(46)6-8-40)31-23-12-26(38)28(24-15-41-14-20-4-2-5-25(35)27(20)24)29(39)30(23)42-33(43-31)48-18-34-7-3-9-45(34)16-21(37)13-34/h2,4-5,12,14-15,21-22H,1,3,6-7,9-11,13,16-18H2/t21-,22+,34+/m1/s1. The number of alkyl halides is 1. The van der Waals surface area contributed by atoms with Gasteiger partial charge in [0.1, 0.15) is 29.9 Å². The highest BCUT2D eigenvalue weighted by molar-refractivity contribution is 6.36. The molecule has 3 saturated heterocycles. The van der Waals surface area contributed by atoms with Crippen molar-refractivity contribution in [2.24, 2.45) is 0 Å². The van der Waals surface area contributed by atoms with Crippen LogP contribution in [0.15, 0.2) is 49.1 Å². The number of halogens is 5. The van der Waals surface area contributed by atoms with Crippen molar-refractivity contribution in [3.8, 4) is 23.2 Å². The van der Waals surface area contributed by atoms with E-state index in [9.17, 15) is 18.8 Å². The minimum Gasteiger partial charge on any atom is -0.461 e. The SMILES string of the molecule is C=C(F)C(=O)N1CCN(c2nc(OC[C@@]34CCCN3C[C@H](F)C4)nc3c(F)c(-c4cncc5cccc(Cl)c45)c(F)cc23)C[C@@H]1CC#N. The lowest BCUT2D eigenvalue weighted by Crippen LogP contribution is -2.55. The van der Waals surface area contributed by atoms with E-state index in [0.29, 0.717) is 17.3 Å². The number of aromatic nitrogens is 3. The average molecular weight is 680 g/mol. The fourth-order valence-electron chi connectivity index (χ4n) is 7.49. The van der Waals surface area contributed by atoms with E-state index in [0.717, 1.165) is 25.5 Å². The second-order valence-corrected chi connectivity index (χ2v) is 12.9. The van der Waals surface area contributed by atoms with Crippen molar-refractivity contribution < 1.29 is 27.1 Å². The second kappa shape index (κ2) is 12.5. The van der Waals surface area contributed by atoms with Gasteiger partial charge in [0.25, 0.3) is 5.91 Å². The van der Waals surface area contributed by atoms with Gasteiger partial charge in [0.2, 0.25) is 0 Å². The van der Waals surface area contributed by atoms with E-state index in [1.807, 2.05) is 6.07 Å². The van der Waals surface area contributed by atoms with Crippen molar-refractivity contribution in [1.82, 2.24) is 24.8 Å². The van der Waals surface area contributed by atoms with Crippen LogP contribution in [-0.2, 0) is 4.79 Å². The minimum atomic E-state index is -1.16. The maximum Gasteiger partial charge on any atom is 0.319 e. The molecule has 1 amide bonds. The smallest absolute Gasteiger partial charge is 0.319 e. The Kier molecular flexibility index (Phi) is 8.33. The van der Waals surface area contributed by atoms with Gasteiger partial charge >= 0.3 is 6.01 Å². The zero-order valence-electron chi connectivity index (χ0n) is 25.7. The summed E-state index contributed by atoms with van der Waals surface area (Å²) in [5.74, 6) is -3.88. The highest BCUT2D eigenvalue weighted by Gasteiger charge is 2.49. The number of benzene rings is 2. The van der Waals surface area contributed by atoms with Crippen LogP contribution < -0.4 is 9.64 Å². The summed E-state index contributed by atoms with van der Waals surface area (Å²) in [4.78, 5) is 30.7. The number of ether oxygens (including phenoxy) is 1. The number of rotatable bonds is 7. The average Bonchev–Trinajstić information content (AvgIpc) is 3.59. The normalized spacial score (nSPS) is 22.7. The van der Waals surface area contributed by atoms with Gasteiger partial charge in [-0.2, -0.15) is 15.2 Å². The Balaban J connectivity index is 1.35. The number of nitriles is 1. The van der Waals surface area contributed by atoms with Gasteiger partial charge < -0.3 is 14.5 Å². The number of anilines is 1. The molecular formula is C34H30ClF4N7O2. The Hall–Kier alpha value is -4.54. The maximum absolute atomic E-state index is 16.8. The second-order valence-electron chi connectivity index (χ2n) is 12.5. The van der Waals surface area contributed by atoms with Crippen LogP contribution in [0.3, 0.4) is 0 Å². The number of amides is 1. The van der Waals surface area contributed by atoms with Crippen LogP contribution >= 0.6 is 11.6 Å². The molecule has 48 heavy (non-hydrogen) atoms.